The third-order valence-corrected chi connectivity index (χ3v) is 4.37. The van der Waals surface area contributed by atoms with Gasteiger partial charge in [0.1, 0.15) is 10.8 Å². The lowest BCUT2D eigenvalue weighted by Gasteiger charge is -2.04. The summed E-state index contributed by atoms with van der Waals surface area (Å²) in [6, 6.07) is 8.43. The first-order chi connectivity index (χ1) is 9.26. The van der Waals surface area contributed by atoms with Gasteiger partial charge in [-0.25, -0.2) is 9.97 Å². The number of fused-ring (bicyclic) bond motifs is 1. The van der Waals surface area contributed by atoms with E-state index in [0.29, 0.717) is 6.04 Å². The highest BCUT2D eigenvalue weighted by Gasteiger charge is 2.10. The van der Waals surface area contributed by atoms with Crippen LogP contribution in [0.4, 0.5) is 0 Å². The van der Waals surface area contributed by atoms with Crippen LogP contribution in [-0.2, 0) is 6.42 Å². The van der Waals surface area contributed by atoms with Gasteiger partial charge in [-0.15, -0.1) is 11.3 Å². The van der Waals surface area contributed by atoms with Gasteiger partial charge >= 0.3 is 0 Å². The SMILES string of the molecule is CNC(C)c1cnc(Cc2nc3ccccc3[nH]2)s1. The van der Waals surface area contributed by atoms with Crippen LogP contribution in [0.25, 0.3) is 11.0 Å². The van der Waals surface area contributed by atoms with Crippen molar-refractivity contribution in [3.8, 4) is 0 Å². The molecule has 1 aromatic carbocycles. The summed E-state index contributed by atoms with van der Waals surface area (Å²) in [6.07, 6.45) is 2.71. The highest BCUT2D eigenvalue weighted by Crippen LogP contribution is 2.22. The number of hydrogen-bond acceptors (Lipinski definition) is 4. The summed E-state index contributed by atoms with van der Waals surface area (Å²) in [5.41, 5.74) is 2.09. The van der Waals surface area contributed by atoms with E-state index >= 15 is 0 Å². The number of nitrogens with zero attached hydrogens (tertiary/aromatic N) is 2. The van der Waals surface area contributed by atoms with Gasteiger partial charge < -0.3 is 10.3 Å². The molecular weight excluding hydrogens is 256 g/mol. The number of H-pyrrole nitrogens is 1. The molecule has 0 aliphatic rings. The maximum atomic E-state index is 4.58. The second kappa shape index (κ2) is 5.11. The van der Waals surface area contributed by atoms with Crippen LogP contribution in [0.5, 0.6) is 0 Å². The van der Waals surface area contributed by atoms with Crippen LogP contribution in [0.3, 0.4) is 0 Å². The van der Waals surface area contributed by atoms with E-state index in [1.54, 1.807) is 11.3 Å². The largest absolute Gasteiger partial charge is 0.342 e. The monoisotopic (exact) mass is 272 g/mol. The first-order valence-corrected chi connectivity index (χ1v) is 7.13. The van der Waals surface area contributed by atoms with Gasteiger partial charge in [-0.3, -0.25) is 0 Å². The predicted molar refractivity (Wildman–Crippen MR) is 78.5 cm³/mol. The lowest BCUT2D eigenvalue weighted by Crippen LogP contribution is -2.10. The lowest BCUT2D eigenvalue weighted by molar-refractivity contribution is 0.662. The molecule has 0 radical (unpaired) electrons. The minimum atomic E-state index is 0.349. The zero-order valence-electron chi connectivity index (χ0n) is 11.0. The number of aromatic amines is 1. The van der Waals surface area contributed by atoms with E-state index in [4.69, 9.17) is 0 Å². The molecule has 0 saturated carbocycles. The molecule has 0 amide bonds. The Bertz CT molecular complexity index is 652. The van der Waals surface area contributed by atoms with Gasteiger partial charge in [-0.2, -0.15) is 0 Å². The number of hydrogen-bond donors (Lipinski definition) is 2. The fraction of sp³-hybridized carbons (Fsp3) is 0.286. The molecule has 5 heteroatoms. The van der Waals surface area contributed by atoms with Gasteiger partial charge in [-0.1, -0.05) is 12.1 Å². The van der Waals surface area contributed by atoms with Crippen LogP contribution in [0.15, 0.2) is 30.5 Å². The van der Waals surface area contributed by atoms with Crippen LogP contribution in [0.2, 0.25) is 0 Å². The van der Waals surface area contributed by atoms with Gasteiger partial charge in [0.05, 0.1) is 17.5 Å². The van der Waals surface area contributed by atoms with Crippen molar-refractivity contribution < 1.29 is 0 Å². The first-order valence-electron chi connectivity index (χ1n) is 6.32. The van der Waals surface area contributed by atoms with Crippen molar-refractivity contribution in [2.75, 3.05) is 7.05 Å². The van der Waals surface area contributed by atoms with E-state index in [-0.39, 0.29) is 0 Å². The Labute approximate surface area is 115 Å². The van der Waals surface area contributed by atoms with Crippen molar-refractivity contribution in [2.45, 2.75) is 19.4 Å². The fourth-order valence-corrected chi connectivity index (χ4v) is 2.97. The molecule has 98 valence electrons. The van der Waals surface area contributed by atoms with Gasteiger partial charge in [-0.05, 0) is 26.1 Å². The summed E-state index contributed by atoms with van der Waals surface area (Å²) in [7, 11) is 1.96. The number of rotatable bonds is 4. The summed E-state index contributed by atoms with van der Waals surface area (Å²) in [6.45, 7) is 2.14. The number of thiazole rings is 1. The second-order valence-corrected chi connectivity index (χ2v) is 5.69. The Balaban J connectivity index is 1.82. The predicted octanol–water partition coefficient (Wildman–Crippen LogP) is 2.89. The van der Waals surface area contributed by atoms with Crippen molar-refractivity contribution in [3.63, 3.8) is 0 Å². The molecule has 2 aromatic heterocycles. The number of aromatic nitrogens is 3. The molecule has 3 aromatic rings. The van der Waals surface area contributed by atoms with Gasteiger partial charge in [0.2, 0.25) is 0 Å². The van der Waals surface area contributed by atoms with E-state index < -0.39 is 0 Å². The lowest BCUT2D eigenvalue weighted by atomic mass is 10.3. The zero-order valence-corrected chi connectivity index (χ0v) is 11.8. The van der Waals surface area contributed by atoms with Crippen molar-refractivity contribution in [1.29, 1.82) is 0 Å². The molecule has 19 heavy (non-hydrogen) atoms. The third-order valence-electron chi connectivity index (χ3n) is 3.19. The highest BCUT2D eigenvalue weighted by molar-refractivity contribution is 7.11. The normalized spacial score (nSPS) is 12.9. The molecule has 0 bridgehead atoms. The number of para-hydroxylation sites is 2. The fourth-order valence-electron chi connectivity index (χ4n) is 1.98. The summed E-state index contributed by atoms with van der Waals surface area (Å²) in [5.74, 6) is 0.971. The van der Waals surface area contributed by atoms with Crippen LogP contribution in [0, 0.1) is 0 Å². The van der Waals surface area contributed by atoms with Crippen molar-refractivity contribution >= 4 is 22.4 Å². The van der Waals surface area contributed by atoms with E-state index in [2.05, 4.69) is 27.2 Å². The molecule has 2 heterocycles. The maximum Gasteiger partial charge on any atom is 0.114 e. The molecule has 0 aliphatic heterocycles. The minimum absolute atomic E-state index is 0.349. The van der Waals surface area contributed by atoms with Gasteiger partial charge in [0, 0.05) is 17.1 Å². The van der Waals surface area contributed by atoms with Crippen molar-refractivity contribution in [2.24, 2.45) is 0 Å². The summed E-state index contributed by atoms with van der Waals surface area (Å²) >= 11 is 1.74. The Morgan fingerprint density at radius 1 is 1.37 bits per heavy atom. The molecule has 0 spiro atoms. The van der Waals surface area contributed by atoms with E-state index in [9.17, 15) is 0 Å². The zero-order chi connectivity index (χ0) is 13.2. The number of benzene rings is 1. The smallest absolute Gasteiger partial charge is 0.114 e. The van der Waals surface area contributed by atoms with Crippen LogP contribution in [0.1, 0.15) is 28.7 Å². The Kier molecular flexibility index (Phi) is 3.31. The average Bonchev–Trinajstić information content (AvgIpc) is 3.04. The quantitative estimate of drug-likeness (QED) is 0.768. The topological polar surface area (TPSA) is 53.6 Å². The molecule has 0 saturated heterocycles. The Morgan fingerprint density at radius 2 is 2.21 bits per heavy atom. The van der Waals surface area contributed by atoms with Gasteiger partial charge in [0.15, 0.2) is 0 Å². The summed E-state index contributed by atoms with van der Waals surface area (Å²) < 4.78 is 0. The molecule has 2 N–H and O–H groups in total. The molecule has 0 fully saturated rings. The minimum Gasteiger partial charge on any atom is -0.342 e. The average molecular weight is 272 g/mol. The van der Waals surface area contributed by atoms with Crippen LogP contribution in [-0.4, -0.2) is 22.0 Å². The molecule has 0 aliphatic carbocycles. The van der Waals surface area contributed by atoms with Crippen molar-refractivity contribution in [1.82, 2.24) is 20.3 Å². The summed E-state index contributed by atoms with van der Waals surface area (Å²) in [5, 5.41) is 4.32. The van der Waals surface area contributed by atoms with Crippen molar-refractivity contribution in [3.05, 3.63) is 46.2 Å². The molecule has 3 rings (SSSR count). The maximum absolute atomic E-state index is 4.58. The third kappa shape index (κ3) is 2.52. The molecule has 4 nitrogen and oxygen atoms in total. The second-order valence-electron chi connectivity index (χ2n) is 4.54. The molecule has 1 atom stereocenters. The Morgan fingerprint density at radius 3 is 3.00 bits per heavy atom. The van der Waals surface area contributed by atoms with Crippen LogP contribution < -0.4 is 5.32 Å². The van der Waals surface area contributed by atoms with E-state index in [1.807, 2.05) is 37.5 Å². The van der Waals surface area contributed by atoms with Crippen LogP contribution >= 0.6 is 11.3 Å². The summed E-state index contributed by atoms with van der Waals surface area (Å²) in [4.78, 5) is 13.6. The molecular formula is C14H16N4S. The van der Waals surface area contributed by atoms with E-state index in [1.165, 1.54) is 4.88 Å². The highest BCUT2D eigenvalue weighted by atomic mass is 32.1. The number of nitrogens with one attached hydrogen (secondary N) is 2. The standard InChI is InChI=1S/C14H16N4S/c1-9(15-2)12-8-16-14(19-12)7-13-17-10-5-3-4-6-11(10)18-13/h3-6,8-9,15H,7H2,1-2H3,(H,17,18). The molecule has 1 unspecified atom stereocenters. The first kappa shape index (κ1) is 12.3. The van der Waals surface area contributed by atoms with Gasteiger partial charge in [0.25, 0.3) is 0 Å². The van der Waals surface area contributed by atoms with E-state index in [0.717, 1.165) is 28.3 Å². The Hall–Kier alpha value is -1.72. The number of imidazole rings is 1.